The zero-order chi connectivity index (χ0) is 15.4. The number of para-hydroxylation sites is 1. The van der Waals surface area contributed by atoms with E-state index in [-0.39, 0.29) is 29.2 Å². The van der Waals surface area contributed by atoms with Crippen LogP contribution in [0, 0.1) is 17.0 Å². The fraction of sp³-hybridized carbons (Fsp3) is 0.200. The highest BCUT2D eigenvalue weighted by Crippen LogP contribution is 2.31. The van der Waals surface area contributed by atoms with E-state index in [9.17, 15) is 14.9 Å². The Hall–Kier alpha value is -2.76. The number of methoxy groups -OCH3 is 1. The van der Waals surface area contributed by atoms with E-state index in [1.165, 1.54) is 25.3 Å². The van der Waals surface area contributed by atoms with Crippen LogP contribution in [0.4, 0.5) is 5.69 Å². The Bertz CT molecular complexity index is 681. The zero-order valence-corrected chi connectivity index (χ0v) is 11.7. The average molecular weight is 286 g/mol. The third-order valence-electron chi connectivity index (χ3n) is 3.01. The molecule has 0 fully saturated rings. The molecule has 0 radical (unpaired) electrons. The SMILES string of the molecule is COc1c(C(=O)Cc2ccc(C)cn2)cccc1[N+](=O)[O-]. The monoisotopic (exact) mass is 286 g/mol. The topological polar surface area (TPSA) is 82.3 Å². The third-order valence-corrected chi connectivity index (χ3v) is 3.01. The van der Waals surface area contributed by atoms with Gasteiger partial charge in [-0.3, -0.25) is 19.9 Å². The van der Waals surface area contributed by atoms with Crippen molar-refractivity contribution in [3.8, 4) is 5.75 Å². The second-order valence-electron chi connectivity index (χ2n) is 4.54. The number of pyridine rings is 1. The Balaban J connectivity index is 2.33. The smallest absolute Gasteiger partial charge is 0.311 e. The van der Waals surface area contributed by atoms with Gasteiger partial charge in [0, 0.05) is 18.0 Å². The van der Waals surface area contributed by atoms with Crippen molar-refractivity contribution in [2.75, 3.05) is 7.11 Å². The molecule has 108 valence electrons. The molecule has 1 aromatic heterocycles. The van der Waals surface area contributed by atoms with Gasteiger partial charge in [-0.2, -0.15) is 0 Å². The quantitative estimate of drug-likeness (QED) is 0.479. The Labute approximate surface area is 121 Å². The Morgan fingerprint density at radius 1 is 1.33 bits per heavy atom. The van der Waals surface area contributed by atoms with Gasteiger partial charge in [0.25, 0.3) is 0 Å². The minimum Gasteiger partial charge on any atom is -0.490 e. The maximum absolute atomic E-state index is 12.3. The van der Waals surface area contributed by atoms with Gasteiger partial charge in [0.2, 0.25) is 5.75 Å². The molecular weight excluding hydrogens is 272 g/mol. The molecule has 2 rings (SSSR count). The predicted molar refractivity (Wildman–Crippen MR) is 76.7 cm³/mol. The van der Waals surface area contributed by atoms with Crippen molar-refractivity contribution < 1.29 is 14.5 Å². The van der Waals surface area contributed by atoms with Gasteiger partial charge >= 0.3 is 5.69 Å². The van der Waals surface area contributed by atoms with Gasteiger partial charge in [-0.05, 0) is 24.6 Å². The lowest BCUT2D eigenvalue weighted by molar-refractivity contribution is -0.385. The first-order valence-electron chi connectivity index (χ1n) is 6.29. The van der Waals surface area contributed by atoms with E-state index in [0.29, 0.717) is 5.69 Å². The van der Waals surface area contributed by atoms with E-state index in [0.717, 1.165) is 5.56 Å². The summed E-state index contributed by atoms with van der Waals surface area (Å²) in [6.07, 6.45) is 1.74. The summed E-state index contributed by atoms with van der Waals surface area (Å²) in [5, 5.41) is 11.0. The van der Waals surface area contributed by atoms with E-state index in [1.807, 2.05) is 13.0 Å². The molecule has 0 spiro atoms. The van der Waals surface area contributed by atoms with Crippen LogP contribution >= 0.6 is 0 Å². The van der Waals surface area contributed by atoms with Crippen LogP contribution < -0.4 is 4.74 Å². The standard InChI is InChI=1S/C15H14N2O4/c1-10-6-7-11(16-9-10)8-14(18)12-4-3-5-13(17(19)20)15(12)21-2/h3-7,9H,8H2,1-2H3. The molecule has 1 aromatic carbocycles. The van der Waals surface area contributed by atoms with Gasteiger partial charge in [-0.15, -0.1) is 0 Å². The van der Waals surface area contributed by atoms with E-state index in [1.54, 1.807) is 12.3 Å². The summed E-state index contributed by atoms with van der Waals surface area (Å²) in [5.41, 5.74) is 1.58. The minimum atomic E-state index is -0.570. The van der Waals surface area contributed by atoms with E-state index >= 15 is 0 Å². The van der Waals surface area contributed by atoms with Crippen molar-refractivity contribution in [1.82, 2.24) is 4.98 Å². The zero-order valence-electron chi connectivity index (χ0n) is 11.7. The highest BCUT2D eigenvalue weighted by atomic mass is 16.6. The second kappa shape index (κ2) is 6.13. The number of ether oxygens (including phenoxy) is 1. The molecule has 0 aliphatic carbocycles. The lowest BCUT2D eigenvalue weighted by Gasteiger charge is -2.07. The Kier molecular flexibility index (Phi) is 4.27. The lowest BCUT2D eigenvalue weighted by atomic mass is 10.0. The van der Waals surface area contributed by atoms with Gasteiger partial charge < -0.3 is 4.74 Å². The number of hydrogen-bond donors (Lipinski definition) is 0. The van der Waals surface area contributed by atoms with Crippen LogP contribution in [-0.2, 0) is 6.42 Å². The number of aryl methyl sites for hydroxylation is 1. The molecule has 6 heteroatoms. The number of benzene rings is 1. The van der Waals surface area contributed by atoms with Crippen molar-refractivity contribution >= 4 is 11.5 Å². The fourth-order valence-electron chi connectivity index (χ4n) is 1.97. The molecule has 0 amide bonds. The Morgan fingerprint density at radius 3 is 2.67 bits per heavy atom. The summed E-state index contributed by atoms with van der Waals surface area (Å²) in [7, 11) is 1.31. The van der Waals surface area contributed by atoms with Gasteiger partial charge in [0.15, 0.2) is 5.78 Å². The number of Topliss-reactive ketones (excluding diaryl/α,β-unsaturated/α-hetero) is 1. The minimum absolute atomic E-state index is 0.0142. The molecule has 0 bridgehead atoms. The first-order chi connectivity index (χ1) is 10.0. The van der Waals surface area contributed by atoms with Crippen LogP contribution in [0.3, 0.4) is 0 Å². The van der Waals surface area contributed by atoms with Crippen molar-refractivity contribution in [3.63, 3.8) is 0 Å². The van der Waals surface area contributed by atoms with E-state index < -0.39 is 4.92 Å². The van der Waals surface area contributed by atoms with Crippen molar-refractivity contribution in [2.45, 2.75) is 13.3 Å². The average Bonchev–Trinajstić information content (AvgIpc) is 2.48. The molecule has 0 atom stereocenters. The highest BCUT2D eigenvalue weighted by Gasteiger charge is 2.22. The predicted octanol–water partition coefficient (Wildman–Crippen LogP) is 2.73. The Morgan fingerprint density at radius 2 is 2.10 bits per heavy atom. The van der Waals surface area contributed by atoms with E-state index in [4.69, 9.17) is 4.74 Å². The van der Waals surface area contributed by atoms with E-state index in [2.05, 4.69) is 4.98 Å². The molecule has 21 heavy (non-hydrogen) atoms. The summed E-state index contributed by atoms with van der Waals surface area (Å²) in [4.78, 5) is 26.9. The van der Waals surface area contributed by atoms with Crippen molar-refractivity contribution in [1.29, 1.82) is 0 Å². The number of nitrogens with zero attached hydrogens (tertiary/aromatic N) is 2. The maximum atomic E-state index is 12.3. The molecule has 0 saturated heterocycles. The van der Waals surface area contributed by atoms with Crippen molar-refractivity contribution in [2.24, 2.45) is 0 Å². The summed E-state index contributed by atoms with van der Waals surface area (Å²) < 4.78 is 5.03. The van der Waals surface area contributed by atoms with Crippen LogP contribution in [0.25, 0.3) is 0 Å². The normalized spacial score (nSPS) is 10.2. The van der Waals surface area contributed by atoms with Crippen LogP contribution in [-0.4, -0.2) is 22.8 Å². The van der Waals surface area contributed by atoms with Gasteiger partial charge in [0.05, 0.1) is 24.0 Å². The van der Waals surface area contributed by atoms with Gasteiger partial charge in [-0.1, -0.05) is 12.1 Å². The third kappa shape index (κ3) is 3.22. The highest BCUT2D eigenvalue weighted by molar-refractivity contribution is 6.00. The summed E-state index contributed by atoms with van der Waals surface area (Å²) in [6.45, 7) is 1.90. The number of hydrogen-bond acceptors (Lipinski definition) is 5. The number of aromatic nitrogens is 1. The molecule has 6 nitrogen and oxygen atoms in total. The summed E-state index contributed by atoms with van der Waals surface area (Å²) >= 11 is 0. The number of nitro benzene ring substituents is 1. The van der Waals surface area contributed by atoms with Crippen molar-refractivity contribution in [3.05, 3.63) is 63.5 Å². The fourth-order valence-corrected chi connectivity index (χ4v) is 1.97. The molecule has 0 aliphatic heterocycles. The molecule has 0 unspecified atom stereocenters. The van der Waals surface area contributed by atoms with Crippen LogP contribution in [0.15, 0.2) is 36.5 Å². The number of nitro groups is 1. The largest absolute Gasteiger partial charge is 0.490 e. The van der Waals surface area contributed by atoms with Crippen LogP contribution in [0.2, 0.25) is 0 Å². The lowest BCUT2D eigenvalue weighted by Crippen LogP contribution is -2.08. The second-order valence-corrected chi connectivity index (χ2v) is 4.54. The molecule has 0 aliphatic rings. The van der Waals surface area contributed by atoms with Gasteiger partial charge in [-0.25, -0.2) is 0 Å². The number of rotatable bonds is 5. The number of ketones is 1. The number of carbonyl (C=O) groups excluding carboxylic acids is 1. The first-order valence-corrected chi connectivity index (χ1v) is 6.29. The molecule has 1 heterocycles. The molecule has 0 N–H and O–H groups in total. The first kappa shape index (κ1) is 14.6. The van der Waals surface area contributed by atoms with Crippen LogP contribution in [0.5, 0.6) is 5.75 Å². The van der Waals surface area contributed by atoms with Gasteiger partial charge in [0.1, 0.15) is 0 Å². The molecule has 0 saturated carbocycles. The summed E-state index contributed by atoms with van der Waals surface area (Å²) in [5.74, 6) is -0.286. The molecule has 2 aromatic rings. The summed E-state index contributed by atoms with van der Waals surface area (Å²) in [6, 6.07) is 7.91. The number of carbonyl (C=O) groups is 1. The maximum Gasteiger partial charge on any atom is 0.311 e. The van der Waals surface area contributed by atoms with Crippen LogP contribution in [0.1, 0.15) is 21.6 Å². The molecular formula is C15H14N2O4.